The Morgan fingerprint density at radius 2 is 1.71 bits per heavy atom. The standard InChI is InChI=1S/C17H14N4/c1-20-15(9-10-19-20)16-11-18-17-8-7-14(12-21(16)17)13-5-3-2-4-6-13/h2-12H,1H3. The predicted molar refractivity (Wildman–Crippen MR) is 82.8 cm³/mol. The predicted octanol–water partition coefficient (Wildman–Crippen LogP) is 3.40. The SMILES string of the molecule is Cn1nccc1-c1cnc2ccc(-c3ccccc3)cn12. The van der Waals surface area contributed by atoms with E-state index in [2.05, 4.69) is 51.0 Å². The molecule has 0 unspecified atom stereocenters. The number of aromatic nitrogens is 4. The fourth-order valence-corrected chi connectivity index (χ4v) is 2.60. The largest absolute Gasteiger partial charge is 0.298 e. The zero-order valence-electron chi connectivity index (χ0n) is 11.6. The van der Waals surface area contributed by atoms with Crippen LogP contribution in [0.3, 0.4) is 0 Å². The maximum absolute atomic E-state index is 4.47. The minimum Gasteiger partial charge on any atom is -0.298 e. The van der Waals surface area contributed by atoms with E-state index in [4.69, 9.17) is 0 Å². The molecule has 21 heavy (non-hydrogen) atoms. The molecule has 3 aromatic heterocycles. The van der Waals surface area contributed by atoms with Gasteiger partial charge in [0.15, 0.2) is 0 Å². The average Bonchev–Trinajstić information content (AvgIpc) is 3.13. The Morgan fingerprint density at radius 1 is 0.857 bits per heavy atom. The average molecular weight is 274 g/mol. The molecule has 4 aromatic rings. The van der Waals surface area contributed by atoms with Gasteiger partial charge in [-0.1, -0.05) is 30.3 Å². The molecular formula is C17H14N4. The molecular weight excluding hydrogens is 260 g/mol. The van der Waals surface area contributed by atoms with Crippen LogP contribution in [-0.4, -0.2) is 19.2 Å². The Hall–Kier alpha value is -2.88. The van der Waals surface area contributed by atoms with Gasteiger partial charge in [-0.15, -0.1) is 0 Å². The molecule has 0 N–H and O–H groups in total. The first-order chi connectivity index (χ1) is 10.3. The van der Waals surface area contributed by atoms with Crippen molar-refractivity contribution in [2.75, 3.05) is 0 Å². The van der Waals surface area contributed by atoms with Crippen molar-refractivity contribution >= 4 is 5.65 Å². The summed E-state index contributed by atoms with van der Waals surface area (Å²) in [6.45, 7) is 0. The van der Waals surface area contributed by atoms with Gasteiger partial charge in [0.2, 0.25) is 0 Å². The summed E-state index contributed by atoms with van der Waals surface area (Å²) in [5, 5.41) is 4.24. The van der Waals surface area contributed by atoms with E-state index in [1.54, 1.807) is 6.20 Å². The Bertz CT molecular complexity index is 903. The first-order valence-electron chi connectivity index (χ1n) is 6.84. The Labute approximate surface area is 122 Å². The van der Waals surface area contributed by atoms with Crippen LogP contribution < -0.4 is 0 Å². The van der Waals surface area contributed by atoms with Crippen LogP contribution >= 0.6 is 0 Å². The lowest BCUT2D eigenvalue weighted by Crippen LogP contribution is -1.96. The molecule has 0 aliphatic rings. The number of benzene rings is 1. The fraction of sp³-hybridized carbons (Fsp3) is 0.0588. The number of pyridine rings is 1. The summed E-state index contributed by atoms with van der Waals surface area (Å²) in [5.41, 5.74) is 5.40. The second-order valence-electron chi connectivity index (χ2n) is 5.00. The van der Waals surface area contributed by atoms with Crippen molar-refractivity contribution < 1.29 is 0 Å². The van der Waals surface area contributed by atoms with Gasteiger partial charge in [-0.05, 0) is 29.3 Å². The van der Waals surface area contributed by atoms with Crippen molar-refractivity contribution in [3.63, 3.8) is 0 Å². The lowest BCUT2D eigenvalue weighted by Gasteiger charge is -2.06. The molecule has 0 saturated heterocycles. The number of hydrogen-bond donors (Lipinski definition) is 0. The van der Waals surface area contributed by atoms with Gasteiger partial charge in [0.1, 0.15) is 5.65 Å². The lowest BCUT2D eigenvalue weighted by atomic mass is 10.1. The molecule has 1 aromatic carbocycles. The second kappa shape index (κ2) is 4.59. The van der Waals surface area contributed by atoms with Crippen molar-refractivity contribution in [2.45, 2.75) is 0 Å². The number of aryl methyl sites for hydroxylation is 1. The zero-order valence-corrected chi connectivity index (χ0v) is 11.6. The highest BCUT2D eigenvalue weighted by molar-refractivity contribution is 5.67. The molecule has 4 nitrogen and oxygen atoms in total. The van der Waals surface area contributed by atoms with Gasteiger partial charge in [0.05, 0.1) is 17.6 Å². The molecule has 0 radical (unpaired) electrons. The van der Waals surface area contributed by atoms with Crippen LogP contribution in [0.5, 0.6) is 0 Å². The van der Waals surface area contributed by atoms with E-state index in [9.17, 15) is 0 Å². The van der Waals surface area contributed by atoms with Crippen molar-refractivity contribution in [1.29, 1.82) is 0 Å². The monoisotopic (exact) mass is 274 g/mol. The number of hydrogen-bond acceptors (Lipinski definition) is 2. The number of rotatable bonds is 2. The molecule has 4 rings (SSSR count). The van der Waals surface area contributed by atoms with E-state index < -0.39 is 0 Å². The summed E-state index contributed by atoms with van der Waals surface area (Å²) < 4.78 is 3.97. The first-order valence-corrected chi connectivity index (χ1v) is 6.84. The van der Waals surface area contributed by atoms with Crippen LogP contribution in [0.25, 0.3) is 28.2 Å². The number of fused-ring (bicyclic) bond motifs is 1. The molecule has 0 amide bonds. The van der Waals surface area contributed by atoms with Crippen LogP contribution in [0, 0.1) is 0 Å². The molecule has 0 aliphatic heterocycles. The van der Waals surface area contributed by atoms with Crippen LogP contribution in [0.2, 0.25) is 0 Å². The molecule has 0 aliphatic carbocycles. The normalized spacial score (nSPS) is 11.1. The fourth-order valence-electron chi connectivity index (χ4n) is 2.60. The Kier molecular flexibility index (Phi) is 2.60. The molecule has 4 heteroatoms. The molecule has 0 fully saturated rings. The zero-order chi connectivity index (χ0) is 14.2. The summed E-state index contributed by atoms with van der Waals surface area (Å²) in [4.78, 5) is 4.47. The summed E-state index contributed by atoms with van der Waals surface area (Å²) in [7, 11) is 1.94. The number of imidazole rings is 1. The minimum atomic E-state index is 0.936. The van der Waals surface area contributed by atoms with Crippen LogP contribution in [0.1, 0.15) is 0 Å². The van der Waals surface area contributed by atoms with Gasteiger partial charge in [-0.2, -0.15) is 5.10 Å². The van der Waals surface area contributed by atoms with Crippen molar-refractivity contribution in [3.8, 4) is 22.5 Å². The first kappa shape index (κ1) is 11.9. The maximum atomic E-state index is 4.47. The third-order valence-electron chi connectivity index (χ3n) is 3.70. The highest BCUT2D eigenvalue weighted by Gasteiger charge is 2.10. The van der Waals surface area contributed by atoms with Gasteiger partial charge in [-0.25, -0.2) is 4.98 Å². The van der Waals surface area contributed by atoms with Gasteiger partial charge < -0.3 is 0 Å². The summed E-state index contributed by atoms with van der Waals surface area (Å²) >= 11 is 0. The van der Waals surface area contributed by atoms with Gasteiger partial charge in [-0.3, -0.25) is 9.08 Å². The molecule has 0 spiro atoms. The van der Waals surface area contributed by atoms with Gasteiger partial charge in [0.25, 0.3) is 0 Å². The van der Waals surface area contributed by atoms with E-state index in [1.165, 1.54) is 11.1 Å². The van der Waals surface area contributed by atoms with Crippen molar-refractivity contribution in [3.05, 3.63) is 67.1 Å². The summed E-state index contributed by atoms with van der Waals surface area (Å²) in [6, 6.07) is 16.5. The summed E-state index contributed by atoms with van der Waals surface area (Å²) in [6.07, 6.45) is 5.82. The highest BCUT2D eigenvalue weighted by Crippen LogP contribution is 2.24. The quantitative estimate of drug-likeness (QED) is 0.561. The molecule has 3 heterocycles. The minimum absolute atomic E-state index is 0.936. The van der Waals surface area contributed by atoms with Gasteiger partial charge >= 0.3 is 0 Å². The third kappa shape index (κ3) is 1.92. The Balaban J connectivity index is 1.93. The van der Waals surface area contributed by atoms with E-state index >= 15 is 0 Å². The van der Waals surface area contributed by atoms with E-state index in [1.807, 2.05) is 36.1 Å². The van der Waals surface area contributed by atoms with Gasteiger partial charge in [0, 0.05) is 19.4 Å². The van der Waals surface area contributed by atoms with Crippen LogP contribution in [0.15, 0.2) is 67.1 Å². The molecule has 102 valence electrons. The molecule has 0 atom stereocenters. The number of nitrogens with zero attached hydrogens (tertiary/aromatic N) is 4. The lowest BCUT2D eigenvalue weighted by molar-refractivity contribution is 0.772. The maximum Gasteiger partial charge on any atom is 0.137 e. The van der Waals surface area contributed by atoms with Crippen LogP contribution in [0.4, 0.5) is 0 Å². The molecule has 0 bridgehead atoms. The topological polar surface area (TPSA) is 35.1 Å². The van der Waals surface area contributed by atoms with E-state index in [0.29, 0.717) is 0 Å². The second-order valence-corrected chi connectivity index (χ2v) is 5.00. The van der Waals surface area contributed by atoms with Crippen molar-refractivity contribution in [1.82, 2.24) is 19.2 Å². The molecule has 0 saturated carbocycles. The van der Waals surface area contributed by atoms with Crippen molar-refractivity contribution in [2.24, 2.45) is 7.05 Å². The van der Waals surface area contributed by atoms with E-state index in [-0.39, 0.29) is 0 Å². The smallest absolute Gasteiger partial charge is 0.137 e. The van der Waals surface area contributed by atoms with E-state index in [0.717, 1.165) is 17.0 Å². The highest BCUT2D eigenvalue weighted by atomic mass is 15.3. The van der Waals surface area contributed by atoms with Crippen LogP contribution in [-0.2, 0) is 7.05 Å². The Morgan fingerprint density at radius 3 is 2.48 bits per heavy atom. The summed E-state index contributed by atoms with van der Waals surface area (Å²) in [5.74, 6) is 0. The third-order valence-corrected chi connectivity index (χ3v) is 3.70.